The molecule has 72 valence electrons. The topological polar surface area (TPSA) is 0 Å². The van der Waals surface area contributed by atoms with Gasteiger partial charge in [0, 0.05) is 0 Å². The molecular formula is C14H16. The van der Waals surface area contributed by atoms with Crippen molar-refractivity contribution in [1.29, 1.82) is 0 Å². The van der Waals surface area contributed by atoms with E-state index < -0.39 is 0 Å². The fourth-order valence-corrected chi connectivity index (χ4v) is 1.78. The number of rotatable bonds is 1. The molecule has 0 saturated heterocycles. The number of aryl methyl sites for hydroxylation is 1. The Balaban J connectivity index is 2.63. The van der Waals surface area contributed by atoms with Crippen molar-refractivity contribution < 1.29 is 0 Å². The first kappa shape index (κ1) is 9.26. The number of hydrogen-bond acceptors (Lipinski definition) is 0. The van der Waals surface area contributed by atoms with E-state index in [0.29, 0.717) is 0 Å². The molecular weight excluding hydrogens is 168 g/mol. The highest BCUT2D eigenvalue weighted by molar-refractivity contribution is 5.42. The monoisotopic (exact) mass is 184 g/mol. The van der Waals surface area contributed by atoms with Crippen LogP contribution in [0, 0.1) is 0 Å². The van der Waals surface area contributed by atoms with Crippen molar-refractivity contribution in [1.82, 2.24) is 0 Å². The van der Waals surface area contributed by atoms with Gasteiger partial charge in [-0.1, -0.05) is 49.4 Å². The standard InChI is InChI=1S/C14H16/c1-2-12-9-10-13-7-5-3-4-6-8-14(13)11-12/h4,6-11H,2-3,5H2,1H3/b6-4-,13-7+,14-8-. The Bertz CT molecular complexity index is 449. The van der Waals surface area contributed by atoms with Gasteiger partial charge in [0.05, 0.1) is 0 Å². The minimum Gasteiger partial charge on any atom is -0.0842 e. The minimum absolute atomic E-state index is 1.12. The zero-order valence-corrected chi connectivity index (χ0v) is 8.66. The van der Waals surface area contributed by atoms with Gasteiger partial charge in [0.25, 0.3) is 0 Å². The molecule has 0 N–H and O–H groups in total. The van der Waals surface area contributed by atoms with E-state index in [0.717, 1.165) is 19.3 Å². The Hall–Kier alpha value is -1.30. The molecule has 0 saturated carbocycles. The van der Waals surface area contributed by atoms with Crippen molar-refractivity contribution in [3.05, 3.63) is 46.4 Å². The molecule has 0 heterocycles. The van der Waals surface area contributed by atoms with E-state index in [2.05, 4.69) is 49.4 Å². The Morgan fingerprint density at radius 3 is 2.93 bits per heavy atom. The predicted molar refractivity (Wildman–Crippen MR) is 62.4 cm³/mol. The fraction of sp³-hybridized carbons (Fsp3) is 0.286. The number of hydrogen-bond donors (Lipinski definition) is 0. The predicted octanol–water partition coefficient (Wildman–Crippen LogP) is 2.16. The minimum atomic E-state index is 1.12. The first-order chi connectivity index (χ1) is 6.90. The Labute approximate surface area is 85.3 Å². The highest BCUT2D eigenvalue weighted by atomic mass is 14.0. The summed E-state index contributed by atoms with van der Waals surface area (Å²) in [7, 11) is 0. The molecule has 0 amide bonds. The first-order valence-electron chi connectivity index (χ1n) is 5.36. The summed E-state index contributed by atoms with van der Waals surface area (Å²) in [6.45, 7) is 2.20. The lowest BCUT2D eigenvalue weighted by molar-refractivity contribution is 1.09. The normalized spacial score (nSPS) is 21.8. The van der Waals surface area contributed by atoms with Crippen molar-refractivity contribution in [2.75, 3.05) is 0 Å². The molecule has 2 rings (SSSR count). The van der Waals surface area contributed by atoms with E-state index in [1.165, 1.54) is 16.0 Å². The summed E-state index contributed by atoms with van der Waals surface area (Å²) >= 11 is 0. The summed E-state index contributed by atoms with van der Waals surface area (Å²) in [5.41, 5.74) is 1.42. The van der Waals surface area contributed by atoms with Crippen LogP contribution in [-0.4, -0.2) is 0 Å². The van der Waals surface area contributed by atoms with Gasteiger partial charge < -0.3 is 0 Å². The quantitative estimate of drug-likeness (QED) is 0.627. The second kappa shape index (κ2) is 4.28. The molecule has 0 atom stereocenters. The van der Waals surface area contributed by atoms with Crippen molar-refractivity contribution in [3.8, 4) is 0 Å². The lowest BCUT2D eigenvalue weighted by Crippen LogP contribution is -2.24. The number of allylic oxidation sites excluding steroid dienone is 2. The first-order valence-corrected chi connectivity index (χ1v) is 5.36. The van der Waals surface area contributed by atoms with Crippen LogP contribution in [0.2, 0.25) is 0 Å². The zero-order chi connectivity index (χ0) is 9.80. The second-order valence-corrected chi connectivity index (χ2v) is 3.69. The molecule has 0 bridgehead atoms. The lowest BCUT2D eigenvalue weighted by atomic mass is 10.1. The van der Waals surface area contributed by atoms with Gasteiger partial charge in [-0.15, -0.1) is 0 Å². The number of benzene rings is 1. The van der Waals surface area contributed by atoms with E-state index in [1.807, 2.05) is 0 Å². The Morgan fingerprint density at radius 2 is 2.07 bits per heavy atom. The average molecular weight is 184 g/mol. The van der Waals surface area contributed by atoms with Crippen molar-refractivity contribution in [2.45, 2.75) is 26.2 Å². The zero-order valence-electron chi connectivity index (χ0n) is 8.66. The molecule has 0 spiro atoms. The van der Waals surface area contributed by atoms with Gasteiger partial charge in [0.15, 0.2) is 0 Å². The average Bonchev–Trinajstić information content (AvgIpc) is 2.18. The second-order valence-electron chi connectivity index (χ2n) is 3.69. The summed E-state index contributed by atoms with van der Waals surface area (Å²) in [5.74, 6) is 0. The summed E-state index contributed by atoms with van der Waals surface area (Å²) in [5, 5.41) is 2.74. The lowest BCUT2D eigenvalue weighted by Gasteiger charge is -1.99. The van der Waals surface area contributed by atoms with E-state index in [1.54, 1.807) is 0 Å². The van der Waals surface area contributed by atoms with Crippen molar-refractivity contribution in [2.24, 2.45) is 0 Å². The fourth-order valence-electron chi connectivity index (χ4n) is 1.78. The molecule has 0 heteroatoms. The van der Waals surface area contributed by atoms with Crippen molar-refractivity contribution in [3.63, 3.8) is 0 Å². The maximum absolute atomic E-state index is 2.33. The van der Waals surface area contributed by atoms with Crippen LogP contribution >= 0.6 is 0 Å². The molecule has 0 unspecified atom stereocenters. The van der Waals surface area contributed by atoms with E-state index in [-0.39, 0.29) is 0 Å². The number of fused-ring (bicyclic) bond motifs is 1. The largest absolute Gasteiger partial charge is 0.0842 e. The molecule has 1 aliphatic carbocycles. The van der Waals surface area contributed by atoms with Gasteiger partial charge >= 0.3 is 0 Å². The summed E-state index contributed by atoms with van der Waals surface area (Å²) in [6, 6.07) is 6.76. The molecule has 0 fully saturated rings. The van der Waals surface area contributed by atoms with Gasteiger partial charge in [-0.25, -0.2) is 0 Å². The summed E-state index contributed by atoms with van der Waals surface area (Å²) in [6.07, 6.45) is 12.4. The van der Waals surface area contributed by atoms with Crippen LogP contribution in [-0.2, 0) is 6.42 Å². The highest BCUT2D eigenvalue weighted by Crippen LogP contribution is 1.97. The van der Waals surface area contributed by atoms with Crippen LogP contribution in [0.4, 0.5) is 0 Å². The highest BCUT2D eigenvalue weighted by Gasteiger charge is 1.91. The van der Waals surface area contributed by atoms with Crippen LogP contribution in [0.1, 0.15) is 25.3 Å². The molecule has 0 nitrogen and oxygen atoms in total. The van der Waals surface area contributed by atoms with E-state index in [4.69, 9.17) is 0 Å². The third-order valence-electron chi connectivity index (χ3n) is 2.67. The molecule has 0 radical (unpaired) electrons. The SMILES string of the molecule is CCc1ccc2/c(c1)=C\C=C/CC/C=2. The molecule has 0 aliphatic heterocycles. The van der Waals surface area contributed by atoms with Gasteiger partial charge in [-0.2, -0.15) is 0 Å². The van der Waals surface area contributed by atoms with Crippen LogP contribution in [0.15, 0.2) is 30.4 Å². The maximum atomic E-state index is 2.33. The van der Waals surface area contributed by atoms with Crippen LogP contribution in [0.3, 0.4) is 0 Å². The third kappa shape index (κ3) is 1.95. The molecule has 1 aromatic rings. The van der Waals surface area contributed by atoms with Crippen molar-refractivity contribution >= 4 is 12.2 Å². The summed E-state index contributed by atoms with van der Waals surface area (Å²) < 4.78 is 0. The van der Waals surface area contributed by atoms with Gasteiger partial charge in [-0.05, 0) is 35.3 Å². The molecule has 1 aromatic carbocycles. The van der Waals surface area contributed by atoms with Crippen LogP contribution in [0.5, 0.6) is 0 Å². The van der Waals surface area contributed by atoms with Gasteiger partial charge in [0.1, 0.15) is 0 Å². The maximum Gasteiger partial charge on any atom is -0.0185 e. The summed E-state index contributed by atoms with van der Waals surface area (Å²) in [4.78, 5) is 0. The smallest absolute Gasteiger partial charge is 0.0185 e. The van der Waals surface area contributed by atoms with Gasteiger partial charge in [0.2, 0.25) is 0 Å². The third-order valence-corrected chi connectivity index (χ3v) is 2.67. The van der Waals surface area contributed by atoms with E-state index in [9.17, 15) is 0 Å². The Kier molecular flexibility index (Phi) is 2.83. The van der Waals surface area contributed by atoms with Gasteiger partial charge in [-0.3, -0.25) is 0 Å². The molecule has 14 heavy (non-hydrogen) atoms. The van der Waals surface area contributed by atoms with E-state index >= 15 is 0 Å². The van der Waals surface area contributed by atoms with Crippen LogP contribution in [0.25, 0.3) is 12.2 Å². The molecule has 1 aliphatic rings. The van der Waals surface area contributed by atoms with Crippen LogP contribution < -0.4 is 10.4 Å². The Morgan fingerprint density at radius 1 is 1.14 bits per heavy atom. The molecule has 0 aromatic heterocycles.